The number of esters is 1. The third kappa shape index (κ3) is 6.38. The van der Waals surface area contributed by atoms with Crippen LogP contribution >= 0.6 is 0 Å². The van der Waals surface area contributed by atoms with E-state index in [2.05, 4.69) is 6.58 Å². The van der Waals surface area contributed by atoms with Gasteiger partial charge in [0.15, 0.2) is 0 Å². The van der Waals surface area contributed by atoms with Gasteiger partial charge in [-0.15, -0.1) is 6.58 Å². The standard InChI is InChI=1S/C11H20O2/c1-6-7-8-9(2)10(12)13-11(3,4)5/h6,9H,1,7-8H2,2-5H3. The van der Waals surface area contributed by atoms with Gasteiger partial charge in [-0.25, -0.2) is 0 Å². The van der Waals surface area contributed by atoms with E-state index in [0.29, 0.717) is 0 Å². The maximum Gasteiger partial charge on any atom is 0.309 e. The Hall–Kier alpha value is -0.790. The summed E-state index contributed by atoms with van der Waals surface area (Å²) in [5, 5.41) is 0. The molecule has 2 heteroatoms. The number of hydrogen-bond donors (Lipinski definition) is 0. The highest BCUT2D eigenvalue weighted by Crippen LogP contribution is 2.14. The van der Waals surface area contributed by atoms with Crippen molar-refractivity contribution < 1.29 is 9.53 Å². The second-order valence-corrected chi connectivity index (χ2v) is 4.30. The Morgan fingerprint density at radius 3 is 2.46 bits per heavy atom. The molecular formula is C11H20O2. The predicted octanol–water partition coefficient (Wildman–Crippen LogP) is 2.93. The summed E-state index contributed by atoms with van der Waals surface area (Å²) in [5.41, 5.74) is -0.375. The molecule has 13 heavy (non-hydrogen) atoms. The molecule has 2 nitrogen and oxygen atoms in total. The molecule has 0 bridgehead atoms. The molecule has 0 spiro atoms. The van der Waals surface area contributed by atoms with Crippen molar-refractivity contribution in [3.05, 3.63) is 12.7 Å². The van der Waals surface area contributed by atoms with Gasteiger partial charge in [0.2, 0.25) is 0 Å². The molecule has 0 fully saturated rings. The van der Waals surface area contributed by atoms with E-state index in [1.807, 2.05) is 33.8 Å². The van der Waals surface area contributed by atoms with E-state index in [9.17, 15) is 4.79 Å². The quantitative estimate of drug-likeness (QED) is 0.496. The highest BCUT2D eigenvalue weighted by Gasteiger charge is 2.20. The van der Waals surface area contributed by atoms with Gasteiger partial charge in [0.1, 0.15) is 5.60 Å². The number of allylic oxidation sites excluding steroid dienone is 1. The minimum atomic E-state index is -0.375. The second-order valence-electron chi connectivity index (χ2n) is 4.30. The zero-order valence-electron chi connectivity index (χ0n) is 9.09. The number of carbonyl (C=O) groups is 1. The molecule has 0 amide bonds. The van der Waals surface area contributed by atoms with Crippen LogP contribution in [0.2, 0.25) is 0 Å². The molecule has 0 heterocycles. The van der Waals surface area contributed by atoms with E-state index >= 15 is 0 Å². The van der Waals surface area contributed by atoms with E-state index in [0.717, 1.165) is 12.8 Å². The summed E-state index contributed by atoms with van der Waals surface area (Å²) in [6, 6.07) is 0. The third-order valence-electron chi connectivity index (χ3n) is 1.61. The second kappa shape index (κ2) is 5.05. The van der Waals surface area contributed by atoms with Gasteiger partial charge in [0, 0.05) is 0 Å². The van der Waals surface area contributed by atoms with E-state index < -0.39 is 0 Å². The van der Waals surface area contributed by atoms with Crippen molar-refractivity contribution in [2.45, 2.75) is 46.1 Å². The molecule has 0 radical (unpaired) electrons. The molecule has 76 valence electrons. The fraction of sp³-hybridized carbons (Fsp3) is 0.727. The van der Waals surface area contributed by atoms with Crippen LogP contribution in [0.1, 0.15) is 40.5 Å². The zero-order chi connectivity index (χ0) is 10.5. The smallest absolute Gasteiger partial charge is 0.309 e. The Kier molecular flexibility index (Phi) is 4.74. The summed E-state index contributed by atoms with van der Waals surface area (Å²) in [4.78, 5) is 11.4. The van der Waals surface area contributed by atoms with Gasteiger partial charge in [0.05, 0.1) is 5.92 Å². The lowest BCUT2D eigenvalue weighted by molar-refractivity contribution is -0.159. The number of hydrogen-bond acceptors (Lipinski definition) is 2. The number of rotatable bonds is 4. The van der Waals surface area contributed by atoms with Gasteiger partial charge in [-0.05, 0) is 33.6 Å². The van der Waals surface area contributed by atoms with Crippen molar-refractivity contribution in [2.75, 3.05) is 0 Å². The molecule has 0 aromatic rings. The average Bonchev–Trinajstić information content (AvgIpc) is 1.96. The van der Waals surface area contributed by atoms with E-state index in [1.165, 1.54) is 0 Å². The summed E-state index contributed by atoms with van der Waals surface area (Å²) in [5.74, 6) is -0.147. The lowest BCUT2D eigenvalue weighted by Crippen LogP contribution is -2.27. The molecule has 0 rings (SSSR count). The highest BCUT2D eigenvalue weighted by molar-refractivity contribution is 5.72. The molecular weight excluding hydrogens is 164 g/mol. The predicted molar refractivity (Wildman–Crippen MR) is 54.4 cm³/mol. The molecule has 1 unspecified atom stereocenters. The summed E-state index contributed by atoms with van der Waals surface area (Å²) in [6.45, 7) is 11.1. The molecule has 0 aromatic carbocycles. The van der Waals surface area contributed by atoms with Gasteiger partial charge < -0.3 is 4.74 Å². The fourth-order valence-corrected chi connectivity index (χ4v) is 0.888. The summed E-state index contributed by atoms with van der Waals surface area (Å²) >= 11 is 0. The number of ether oxygens (including phenoxy) is 1. The van der Waals surface area contributed by atoms with Crippen molar-refractivity contribution >= 4 is 5.97 Å². The van der Waals surface area contributed by atoms with E-state index in [-0.39, 0.29) is 17.5 Å². The maximum atomic E-state index is 11.4. The molecule has 0 N–H and O–H groups in total. The molecule has 0 aliphatic heterocycles. The lowest BCUT2D eigenvalue weighted by atomic mass is 10.1. The number of carbonyl (C=O) groups excluding carboxylic acids is 1. The maximum absolute atomic E-state index is 11.4. The minimum absolute atomic E-state index is 0.0303. The normalized spacial score (nSPS) is 13.5. The van der Waals surface area contributed by atoms with Crippen molar-refractivity contribution in [3.63, 3.8) is 0 Å². The van der Waals surface area contributed by atoms with Crippen LogP contribution in [0.25, 0.3) is 0 Å². The van der Waals surface area contributed by atoms with Gasteiger partial charge in [-0.1, -0.05) is 13.0 Å². The fourth-order valence-electron chi connectivity index (χ4n) is 0.888. The zero-order valence-corrected chi connectivity index (χ0v) is 9.09. The molecule has 0 aromatic heterocycles. The lowest BCUT2D eigenvalue weighted by Gasteiger charge is -2.21. The average molecular weight is 184 g/mol. The summed E-state index contributed by atoms with van der Waals surface area (Å²) in [6.07, 6.45) is 3.50. The van der Waals surface area contributed by atoms with E-state index in [4.69, 9.17) is 4.74 Å². The first kappa shape index (κ1) is 12.2. The monoisotopic (exact) mass is 184 g/mol. The first-order chi connectivity index (χ1) is 5.87. The molecule has 1 atom stereocenters. The van der Waals surface area contributed by atoms with Crippen LogP contribution in [-0.2, 0) is 9.53 Å². The Balaban J connectivity index is 3.89. The van der Waals surface area contributed by atoms with Crippen molar-refractivity contribution in [1.29, 1.82) is 0 Å². The van der Waals surface area contributed by atoms with Crippen molar-refractivity contribution in [3.8, 4) is 0 Å². The van der Waals surface area contributed by atoms with E-state index in [1.54, 1.807) is 0 Å². The first-order valence-electron chi connectivity index (χ1n) is 4.70. The third-order valence-corrected chi connectivity index (χ3v) is 1.61. The summed E-state index contributed by atoms with van der Waals surface area (Å²) in [7, 11) is 0. The minimum Gasteiger partial charge on any atom is -0.460 e. The topological polar surface area (TPSA) is 26.3 Å². The molecule has 0 aliphatic carbocycles. The van der Waals surface area contributed by atoms with Crippen LogP contribution in [0.3, 0.4) is 0 Å². The Morgan fingerprint density at radius 2 is 2.08 bits per heavy atom. The molecule has 0 saturated heterocycles. The van der Waals surface area contributed by atoms with Gasteiger partial charge in [-0.2, -0.15) is 0 Å². The Bertz CT molecular complexity index is 177. The molecule has 0 saturated carbocycles. The van der Waals surface area contributed by atoms with Crippen LogP contribution in [0, 0.1) is 5.92 Å². The first-order valence-corrected chi connectivity index (χ1v) is 4.70. The van der Waals surface area contributed by atoms with Crippen molar-refractivity contribution in [1.82, 2.24) is 0 Å². The highest BCUT2D eigenvalue weighted by atomic mass is 16.6. The molecule has 0 aliphatic rings. The van der Waals surface area contributed by atoms with Gasteiger partial charge >= 0.3 is 5.97 Å². The van der Waals surface area contributed by atoms with Crippen LogP contribution in [-0.4, -0.2) is 11.6 Å². The van der Waals surface area contributed by atoms with Crippen LogP contribution in [0.5, 0.6) is 0 Å². The Labute approximate surface area is 81.0 Å². The SMILES string of the molecule is C=CCCC(C)C(=O)OC(C)(C)C. The Morgan fingerprint density at radius 1 is 1.54 bits per heavy atom. The van der Waals surface area contributed by atoms with Crippen LogP contribution in [0.4, 0.5) is 0 Å². The van der Waals surface area contributed by atoms with Gasteiger partial charge in [-0.3, -0.25) is 4.79 Å². The van der Waals surface area contributed by atoms with Crippen LogP contribution in [0.15, 0.2) is 12.7 Å². The van der Waals surface area contributed by atoms with Crippen LogP contribution < -0.4 is 0 Å². The summed E-state index contributed by atoms with van der Waals surface area (Å²) < 4.78 is 5.22. The van der Waals surface area contributed by atoms with Crippen molar-refractivity contribution in [2.24, 2.45) is 5.92 Å². The van der Waals surface area contributed by atoms with Gasteiger partial charge in [0.25, 0.3) is 0 Å². The largest absolute Gasteiger partial charge is 0.460 e.